The van der Waals surface area contributed by atoms with Crippen molar-refractivity contribution in [3.05, 3.63) is 12.2 Å². The van der Waals surface area contributed by atoms with Gasteiger partial charge in [-0.2, -0.15) is 0 Å². The molecule has 0 radical (unpaired) electrons. The normalized spacial score (nSPS) is 47.6. The Morgan fingerprint density at radius 2 is 1.55 bits per heavy atom. The zero-order valence-electron chi connectivity index (χ0n) is 20.1. The predicted molar refractivity (Wildman–Crippen MR) is 124 cm³/mol. The molecular formula is C28H48O. The van der Waals surface area contributed by atoms with Crippen LogP contribution >= 0.6 is 0 Å². The second-order valence-electron chi connectivity index (χ2n) is 12.6. The van der Waals surface area contributed by atoms with Crippen molar-refractivity contribution in [3.8, 4) is 0 Å². The number of aliphatic hydroxyl groups excluding tert-OH is 1. The average Bonchev–Trinajstić information content (AvgIpc) is 3.22. The molecule has 1 nitrogen and oxygen atoms in total. The van der Waals surface area contributed by atoms with Crippen molar-refractivity contribution in [2.75, 3.05) is 6.61 Å². The number of rotatable bonds is 6. The Bertz CT molecular complexity index is 607. The van der Waals surface area contributed by atoms with Gasteiger partial charge in [0.1, 0.15) is 0 Å². The molecule has 1 N–H and O–H groups in total. The smallest absolute Gasteiger partial charge is 0.0462 e. The van der Waals surface area contributed by atoms with Crippen LogP contribution in [0.5, 0.6) is 0 Å². The Hall–Kier alpha value is -0.300. The van der Waals surface area contributed by atoms with Crippen LogP contribution in [0.1, 0.15) is 98.8 Å². The fourth-order valence-electron chi connectivity index (χ4n) is 9.42. The Morgan fingerprint density at radius 1 is 0.897 bits per heavy atom. The monoisotopic (exact) mass is 400 g/mol. The van der Waals surface area contributed by atoms with Gasteiger partial charge in [0, 0.05) is 6.61 Å². The molecule has 4 saturated carbocycles. The van der Waals surface area contributed by atoms with Crippen molar-refractivity contribution < 1.29 is 5.11 Å². The highest BCUT2D eigenvalue weighted by Gasteiger charge is 2.61. The van der Waals surface area contributed by atoms with Crippen LogP contribution in [-0.2, 0) is 0 Å². The number of hydrogen-bond donors (Lipinski definition) is 1. The van der Waals surface area contributed by atoms with E-state index in [-0.39, 0.29) is 0 Å². The van der Waals surface area contributed by atoms with Gasteiger partial charge in [0.25, 0.3) is 0 Å². The van der Waals surface area contributed by atoms with E-state index in [1.807, 2.05) is 0 Å². The van der Waals surface area contributed by atoms with Crippen LogP contribution in [0.25, 0.3) is 0 Å². The lowest BCUT2D eigenvalue weighted by Gasteiger charge is -2.58. The van der Waals surface area contributed by atoms with Gasteiger partial charge in [0.2, 0.25) is 0 Å². The summed E-state index contributed by atoms with van der Waals surface area (Å²) >= 11 is 0. The zero-order chi connectivity index (χ0) is 21.0. The van der Waals surface area contributed by atoms with Crippen molar-refractivity contribution >= 4 is 0 Å². The molecule has 4 aliphatic rings. The second kappa shape index (κ2) is 7.99. The third-order valence-electron chi connectivity index (χ3n) is 11.3. The molecule has 9 unspecified atom stereocenters. The van der Waals surface area contributed by atoms with Crippen LogP contribution in [0.4, 0.5) is 0 Å². The minimum absolute atomic E-state index is 0.431. The van der Waals surface area contributed by atoms with Crippen molar-refractivity contribution in [2.45, 2.75) is 98.8 Å². The maximum Gasteiger partial charge on any atom is 0.0462 e. The molecule has 4 rings (SSSR count). The molecule has 0 aromatic rings. The summed E-state index contributed by atoms with van der Waals surface area (Å²) in [6.07, 6.45) is 14.0. The lowest BCUT2D eigenvalue weighted by molar-refractivity contribution is -0.0975. The van der Waals surface area contributed by atoms with Crippen LogP contribution in [0.15, 0.2) is 12.2 Å². The summed E-state index contributed by atoms with van der Waals surface area (Å²) < 4.78 is 0. The summed E-state index contributed by atoms with van der Waals surface area (Å²) in [6.45, 7) is 17.2. The summed E-state index contributed by atoms with van der Waals surface area (Å²) in [5, 5.41) is 9.92. The fraction of sp³-hybridized carbons (Fsp3) is 0.929. The van der Waals surface area contributed by atoms with Gasteiger partial charge in [-0.15, -0.1) is 0 Å². The Morgan fingerprint density at radius 3 is 2.24 bits per heavy atom. The fourth-order valence-corrected chi connectivity index (χ4v) is 9.42. The van der Waals surface area contributed by atoms with E-state index in [1.54, 1.807) is 0 Å². The number of hydrogen-bond acceptors (Lipinski definition) is 1. The van der Waals surface area contributed by atoms with Gasteiger partial charge in [-0.05, 0) is 122 Å². The van der Waals surface area contributed by atoms with E-state index in [9.17, 15) is 5.11 Å². The molecule has 4 fully saturated rings. The maximum absolute atomic E-state index is 9.92. The SMILES string of the molecule is C=C(CCC(C)C1CCC2C3CCC4C(CO)CCC4(C)C3CCC12C)C(C)C. The predicted octanol–water partition coefficient (Wildman–Crippen LogP) is 7.49. The van der Waals surface area contributed by atoms with E-state index in [2.05, 4.69) is 41.2 Å². The molecule has 29 heavy (non-hydrogen) atoms. The van der Waals surface area contributed by atoms with E-state index < -0.39 is 0 Å². The van der Waals surface area contributed by atoms with Gasteiger partial charge >= 0.3 is 0 Å². The molecule has 0 aromatic heterocycles. The van der Waals surface area contributed by atoms with Gasteiger partial charge in [-0.25, -0.2) is 0 Å². The van der Waals surface area contributed by atoms with Crippen LogP contribution in [-0.4, -0.2) is 11.7 Å². The van der Waals surface area contributed by atoms with Crippen molar-refractivity contribution in [2.24, 2.45) is 58.2 Å². The third kappa shape index (κ3) is 3.46. The number of aliphatic hydroxyl groups is 1. The highest BCUT2D eigenvalue weighted by molar-refractivity contribution is 5.11. The topological polar surface area (TPSA) is 20.2 Å². The molecule has 0 aliphatic heterocycles. The van der Waals surface area contributed by atoms with Crippen LogP contribution < -0.4 is 0 Å². The molecule has 9 atom stereocenters. The second-order valence-corrected chi connectivity index (χ2v) is 12.6. The number of allylic oxidation sites excluding steroid dienone is 1. The average molecular weight is 401 g/mol. The Balaban J connectivity index is 1.47. The summed E-state index contributed by atoms with van der Waals surface area (Å²) in [7, 11) is 0. The van der Waals surface area contributed by atoms with E-state index in [4.69, 9.17) is 0 Å². The first-order chi connectivity index (χ1) is 13.7. The van der Waals surface area contributed by atoms with Crippen LogP contribution in [0.2, 0.25) is 0 Å². The number of fused-ring (bicyclic) bond motifs is 5. The largest absolute Gasteiger partial charge is 0.396 e. The van der Waals surface area contributed by atoms with E-state index in [0.717, 1.165) is 35.5 Å². The Kier molecular flexibility index (Phi) is 6.04. The van der Waals surface area contributed by atoms with Gasteiger partial charge in [-0.3, -0.25) is 0 Å². The minimum atomic E-state index is 0.431. The molecule has 0 heterocycles. The van der Waals surface area contributed by atoms with Gasteiger partial charge in [0.05, 0.1) is 0 Å². The molecule has 0 amide bonds. The first-order valence-electron chi connectivity index (χ1n) is 13.0. The first kappa shape index (κ1) is 21.9. The summed E-state index contributed by atoms with van der Waals surface area (Å²) in [5.41, 5.74) is 2.56. The summed E-state index contributed by atoms with van der Waals surface area (Å²) in [6, 6.07) is 0. The molecule has 0 aromatic carbocycles. The van der Waals surface area contributed by atoms with E-state index >= 15 is 0 Å². The Labute approximate surface area is 181 Å². The quantitative estimate of drug-likeness (QED) is 0.458. The van der Waals surface area contributed by atoms with Crippen molar-refractivity contribution in [3.63, 3.8) is 0 Å². The van der Waals surface area contributed by atoms with Crippen LogP contribution in [0.3, 0.4) is 0 Å². The maximum atomic E-state index is 9.92. The van der Waals surface area contributed by atoms with E-state index in [0.29, 0.717) is 29.3 Å². The third-order valence-corrected chi connectivity index (χ3v) is 11.3. The molecule has 1 heteroatoms. The zero-order valence-corrected chi connectivity index (χ0v) is 20.1. The van der Waals surface area contributed by atoms with Gasteiger partial charge in [0.15, 0.2) is 0 Å². The van der Waals surface area contributed by atoms with Gasteiger partial charge < -0.3 is 5.11 Å². The van der Waals surface area contributed by atoms with Crippen molar-refractivity contribution in [1.82, 2.24) is 0 Å². The molecular weight excluding hydrogens is 352 g/mol. The van der Waals surface area contributed by atoms with Crippen molar-refractivity contribution in [1.29, 1.82) is 0 Å². The molecule has 0 spiro atoms. The highest BCUT2D eigenvalue weighted by Crippen LogP contribution is 2.69. The summed E-state index contributed by atoms with van der Waals surface area (Å²) in [5.74, 6) is 6.67. The molecule has 4 aliphatic carbocycles. The molecule has 0 saturated heterocycles. The summed E-state index contributed by atoms with van der Waals surface area (Å²) in [4.78, 5) is 0. The molecule has 0 bridgehead atoms. The van der Waals surface area contributed by atoms with Gasteiger partial charge in [-0.1, -0.05) is 46.8 Å². The minimum Gasteiger partial charge on any atom is -0.396 e. The highest BCUT2D eigenvalue weighted by atomic mass is 16.3. The van der Waals surface area contributed by atoms with E-state index in [1.165, 1.54) is 69.8 Å². The first-order valence-corrected chi connectivity index (χ1v) is 13.0. The van der Waals surface area contributed by atoms with Crippen LogP contribution in [0, 0.1) is 58.2 Å². The standard InChI is InChI=1S/C28H48O/c1-18(2)19(3)7-8-20(4)23-11-12-25-22-9-10-24-21(17-29)13-15-28(24,6)26(22)14-16-27(23,25)5/h18,20-26,29H,3,7-17H2,1-2,4-6H3. The lowest BCUT2D eigenvalue weighted by Crippen LogP contribution is -2.51. The molecule has 166 valence electrons. The lowest BCUT2D eigenvalue weighted by atomic mass is 9.46.